The molecular weight excluding hydrogens is 383 g/mol. The van der Waals surface area contributed by atoms with Crippen LogP contribution in [-0.2, 0) is 30.4 Å². The van der Waals surface area contributed by atoms with Crippen molar-refractivity contribution >= 4 is 11.6 Å². The van der Waals surface area contributed by atoms with Crippen LogP contribution in [-0.4, -0.2) is 25.5 Å². The lowest BCUT2D eigenvalue weighted by molar-refractivity contribution is -0.142. The number of aromatic nitrogens is 4. The van der Waals surface area contributed by atoms with Crippen LogP contribution in [0, 0.1) is 0 Å². The minimum Gasteiger partial charge on any atom is -0.324 e. The van der Waals surface area contributed by atoms with Crippen molar-refractivity contribution in [3.05, 3.63) is 59.7 Å². The van der Waals surface area contributed by atoms with Crippen LogP contribution in [0.1, 0.15) is 36.2 Å². The van der Waals surface area contributed by atoms with E-state index in [2.05, 4.69) is 15.5 Å². The van der Waals surface area contributed by atoms with Crippen molar-refractivity contribution in [2.75, 3.05) is 5.32 Å². The van der Waals surface area contributed by atoms with Crippen LogP contribution in [0.15, 0.2) is 42.7 Å². The van der Waals surface area contributed by atoms with Gasteiger partial charge in [0.15, 0.2) is 5.69 Å². The van der Waals surface area contributed by atoms with Crippen LogP contribution in [0.25, 0.3) is 5.69 Å². The summed E-state index contributed by atoms with van der Waals surface area (Å²) in [4.78, 5) is 12.5. The van der Waals surface area contributed by atoms with Crippen molar-refractivity contribution in [1.29, 1.82) is 0 Å². The quantitative estimate of drug-likeness (QED) is 0.670. The monoisotopic (exact) mass is 403 g/mol. The highest BCUT2D eigenvalue weighted by Gasteiger charge is 2.39. The molecule has 4 rings (SSSR count). The van der Waals surface area contributed by atoms with Crippen molar-refractivity contribution in [3.8, 4) is 5.69 Å². The number of benzene rings is 1. The van der Waals surface area contributed by atoms with Crippen molar-refractivity contribution in [3.63, 3.8) is 0 Å². The highest BCUT2D eigenvalue weighted by atomic mass is 19.4. The molecule has 0 aliphatic heterocycles. The van der Waals surface area contributed by atoms with Gasteiger partial charge in [0.25, 0.3) is 0 Å². The first kappa shape index (κ1) is 19.2. The van der Waals surface area contributed by atoms with Gasteiger partial charge in [-0.3, -0.25) is 9.48 Å². The maximum absolute atomic E-state index is 13.4. The lowest BCUT2D eigenvalue weighted by Crippen LogP contribution is -2.21. The van der Waals surface area contributed by atoms with E-state index < -0.39 is 17.8 Å². The summed E-state index contributed by atoms with van der Waals surface area (Å²) >= 11 is 0. The number of anilines is 1. The number of carbonyl (C=O) groups excluding carboxylic acids is 1. The molecule has 1 aromatic carbocycles. The molecule has 0 bridgehead atoms. The molecule has 0 saturated carbocycles. The van der Waals surface area contributed by atoms with Gasteiger partial charge in [0, 0.05) is 29.3 Å². The molecule has 0 atom stereocenters. The number of hydrogen-bond acceptors (Lipinski definition) is 3. The zero-order valence-corrected chi connectivity index (χ0v) is 15.6. The topological polar surface area (TPSA) is 64.7 Å². The lowest BCUT2D eigenvalue weighted by atomic mass is 10.1. The maximum Gasteiger partial charge on any atom is 0.435 e. The van der Waals surface area contributed by atoms with Crippen LogP contribution in [0.2, 0.25) is 0 Å². The Hall–Kier alpha value is -3.10. The Kier molecular flexibility index (Phi) is 5.12. The van der Waals surface area contributed by atoms with Gasteiger partial charge in [-0.2, -0.15) is 23.4 Å². The molecular formula is C20H20F3N5O. The van der Waals surface area contributed by atoms with Crippen LogP contribution >= 0.6 is 0 Å². The third kappa shape index (κ3) is 4.18. The van der Waals surface area contributed by atoms with E-state index in [1.54, 1.807) is 41.3 Å². The van der Waals surface area contributed by atoms with E-state index in [-0.39, 0.29) is 12.1 Å². The molecule has 29 heavy (non-hydrogen) atoms. The van der Waals surface area contributed by atoms with Gasteiger partial charge in [0.1, 0.15) is 6.54 Å². The third-order valence-electron chi connectivity index (χ3n) is 4.97. The second kappa shape index (κ2) is 7.73. The first-order valence-electron chi connectivity index (χ1n) is 9.47. The predicted molar refractivity (Wildman–Crippen MR) is 101 cm³/mol. The Morgan fingerprint density at radius 3 is 2.72 bits per heavy atom. The van der Waals surface area contributed by atoms with Gasteiger partial charge < -0.3 is 5.32 Å². The molecule has 1 aliphatic carbocycles. The fourth-order valence-corrected chi connectivity index (χ4v) is 3.69. The normalized spacial score (nSPS) is 14.3. The summed E-state index contributed by atoms with van der Waals surface area (Å²) in [6, 6.07) is 8.86. The van der Waals surface area contributed by atoms with E-state index in [0.29, 0.717) is 30.6 Å². The molecule has 1 aliphatic rings. The molecule has 6 nitrogen and oxygen atoms in total. The van der Waals surface area contributed by atoms with Gasteiger partial charge in [-0.05, 0) is 49.9 Å². The van der Waals surface area contributed by atoms with Gasteiger partial charge in [-0.15, -0.1) is 0 Å². The average Bonchev–Trinajstić information content (AvgIpc) is 3.25. The first-order chi connectivity index (χ1) is 13.9. The second-order valence-corrected chi connectivity index (χ2v) is 7.04. The van der Waals surface area contributed by atoms with Crippen molar-refractivity contribution in [2.45, 2.75) is 44.8 Å². The van der Waals surface area contributed by atoms with Crippen LogP contribution in [0.4, 0.5) is 18.9 Å². The van der Waals surface area contributed by atoms with Crippen molar-refractivity contribution in [1.82, 2.24) is 19.6 Å². The summed E-state index contributed by atoms with van der Waals surface area (Å²) < 4.78 is 43.1. The molecule has 0 radical (unpaired) electrons. The maximum atomic E-state index is 13.4. The van der Waals surface area contributed by atoms with E-state index in [1.807, 2.05) is 6.07 Å². The van der Waals surface area contributed by atoms with E-state index >= 15 is 0 Å². The second-order valence-electron chi connectivity index (χ2n) is 7.04. The molecule has 0 spiro atoms. The number of nitrogens with zero attached hydrogens (tertiary/aromatic N) is 4. The molecule has 152 valence electrons. The number of alkyl halides is 3. The van der Waals surface area contributed by atoms with E-state index in [4.69, 9.17) is 0 Å². The number of hydrogen-bond donors (Lipinski definition) is 1. The fraction of sp³-hybridized carbons (Fsp3) is 0.350. The number of halogens is 3. The largest absolute Gasteiger partial charge is 0.435 e. The van der Waals surface area contributed by atoms with E-state index in [1.165, 1.54) is 4.68 Å². The first-order valence-corrected chi connectivity index (χ1v) is 9.47. The zero-order chi connectivity index (χ0) is 20.4. The van der Waals surface area contributed by atoms with Gasteiger partial charge in [-0.25, -0.2) is 4.68 Å². The van der Waals surface area contributed by atoms with Crippen molar-refractivity contribution < 1.29 is 18.0 Å². The van der Waals surface area contributed by atoms with Crippen molar-refractivity contribution in [2.24, 2.45) is 0 Å². The molecule has 2 heterocycles. The fourth-order valence-electron chi connectivity index (χ4n) is 3.69. The predicted octanol–water partition coefficient (Wildman–Crippen LogP) is 4.00. The molecule has 0 saturated heterocycles. The Bertz CT molecular complexity index is 1010. The summed E-state index contributed by atoms with van der Waals surface area (Å²) in [5.41, 5.74) is 1.21. The Morgan fingerprint density at radius 2 is 1.97 bits per heavy atom. The minimum absolute atomic E-state index is 0.239. The number of nitrogens with one attached hydrogen (secondary N) is 1. The summed E-state index contributed by atoms with van der Waals surface area (Å²) in [5.74, 6) is -0.425. The van der Waals surface area contributed by atoms with Gasteiger partial charge in [0.05, 0.1) is 5.69 Å². The number of rotatable bonds is 4. The third-order valence-corrected chi connectivity index (χ3v) is 4.97. The molecule has 1 N–H and O–H groups in total. The molecule has 0 unspecified atom stereocenters. The lowest BCUT2D eigenvalue weighted by Gasteiger charge is -2.10. The van der Waals surface area contributed by atoms with Crippen LogP contribution in [0.5, 0.6) is 0 Å². The molecule has 1 amide bonds. The molecule has 9 heteroatoms. The highest BCUT2D eigenvalue weighted by Crippen LogP contribution is 2.35. The van der Waals surface area contributed by atoms with E-state index in [9.17, 15) is 18.0 Å². The molecule has 3 aromatic rings. The van der Waals surface area contributed by atoms with Gasteiger partial charge >= 0.3 is 6.18 Å². The van der Waals surface area contributed by atoms with Crippen LogP contribution in [0.3, 0.4) is 0 Å². The standard InChI is InChI=1S/C20H20F3N5O/c21-20(22,23)19-16-8-2-1-3-9-17(16)28(26-19)13-18(29)25-14-6-4-7-15(12-14)27-11-5-10-24-27/h4-7,10-12H,1-3,8-9,13H2,(H,25,29). The molecule has 0 fully saturated rings. The Morgan fingerprint density at radius 1 is 1.14 bits per heavy atom. The summed E-state index contributed by atoms with van der Waals surface area (Å²) in [6.07, 6.45) is 2.12. The number of carbonyl (C=O) groups is 1. The van der Waals surface area contributed by atoms with Crippen LogP contribution < -0.4 is 5.32 Å². The number of amides is 1. The average molecular weight is 403 g/mol. The summed E-state index contributed by atoms with van der Waals surface area (Å²) in [5, 5.41) is 10.6. The molecule has 2 aromatic heterocycles. The zero-order valence-electron chi connectivity index (χ0n) is 15.6. The highest BCUT2D eigenvalue weighted by molar-refractivity contribution is 5.90. The van der Waals surface area contributed by atoms with E-state index in [0.717, 1.165) is 18.5 Å². The summed E-state index contributed by atoms with van der Waals surface area (Å²) in [7, 11) is 0. The summed E-state index contributed by atoms with van der Waals surface area (Å²) in [6.45, 7) is -0.260. The van der Waals surface area contributed by atoms with Gasteiger partial charge in [0.2, 0.25) is 5.91 Å². The SMILES string of the molecule is O=C(Cn1nc(C(F)(F)F)c2c1CCCCC2)Nc1cccc(-n2cccn2)c1. The Balaban J connectivity index is 1.55. The minimum atomic E-state index is -4.52. The van der Waals surface area contributed by atoms with Gasteiger partial charge in [-0.1, -0.05) is 12.5 Å². The number of fused-ring (bicyclic) bond motifs is 1. The smallest absolute Gasteiger partial charge is 0.324 e. The Labute approximate surface area is 165 Å².